The molecule has 1 rings (SSSR count). The van der Waals surface area contributed by atoms with Gasteiger partial charge in [0.25, 0.3) is 0 Å². The molecule has 1 atom stereocenters. The van der Waals surface area contributed by atoms with Crippen molar-refractivity contribution in [3.05, 3.63) is 35.9 Å². The fourth-order valence-electron chi connectivity index (χ4n) is 1.49. The fraction of sp³-hybridized carbons (Fsp3) is 0.438. The van der Waals surface area contributed by atoms with Crippen LogP contribution in [0.3, 0.4) is 0 Å². The Morgan fingerprint density at radius 1 is 1.32 bits per heavy atom. The summed E-state index contributed by atoms with van der Waals surface area (Å²) in [5.41, 5.74) is 1.02. The van der Waals surface area contributed by atoms with Crippen molar-refractivity contribution in [1.29, 1.82) is 0 Å². The van der Waals surface area contributed by atoms with E-state index in [4.69, 9.17) is 0 Å². The summed E-state index contributed by atoms with van der Waals surface area (Å²) < 4.78 is 0. The molecule has 3 heteroatoms. The van der Waals surface area contributed by atoms with Crippen LogP contribution in [-0.4, -0.2) is 22.1 Å². The summed E-state index contributed by atoms with van der Waals surface area (Å²) in [7, 11) is 0. The van der Waals surface area contributed by atoms with Crippen LogP contribution >= 0.6 is 11.8 Å². The van der Waals surface area contributed by atoms with Gasteiger partial charge in [-0.15, -0.1) is 11.8 Å². The summed E-state index contributed by atoms with van der Waals surface area (Å²) in [6.07, 6.45) is 0.540. The van der Waals surface area contributed by atoms with Gasteiger partial charge in [-0.3, -0.25) is 4.79 Å². The van der Waals surface area contributed by atoms with Gasteiger partial charge in [-0.05, 0) is 32.8 Å². The van der Waals surface area contributed by atoms with Crippen molar-refractivity contribution in [1.82, 2.24) is 0 Å². The van der Waals surface area contributed by atoms with Crippen LogP contribution < -0.4 is 0 Å². The van der Waals surface area contributed by atoms with Gasteiger partial charge in [-0.2, -0.15) is 0 Å². The Labute approximate surface area is 119 Å². The second-order valence-corrected chi connectivity index (χ2v) is 6.57. The maximum atomic E-state index is 11.2. The topological polar surface area (TPSA) is 37.3 Å². The quantitative estimate of drug-likeness (QED) is 0.837. The van der Waals surface area contributed by atoms with E-state index in [0.29, 0.717) is 12.2 Å². The average molecular weight is 276 g/mol. The van der Waals surface area contributed by atoms with Crippen molar-refractivity contribution in [3.8, 4) is 11.8 Å². The van der Waals surface area contributed by atoms with Crippen molar-refractivity contribution in [2.24, 2.45) is 5.41 Å². The van der Waals surface area contributed by atoms with Crippen LogP contribution in [0.2, 0.25) is 0 Å². The monoisotopic (exact) mass is 276 g/mol. The zero-order valence-corrected chi connectivity index (χ0v) is 12.5. The molecule has 0 bridgehead atoms. The van der Waals surface area contributed by atoms with E-state index in [2.05, 4.69) is 11.8 Å². The minimum absolute atomic E-state index is 0.0291. The first-order chi connectivity index (χ1) is 8.88. The third-order valence-electron chi connectivity index (χ3n) is 2.36. The van der Waals surface area contributed by atoms with Crippen LogP contribution in [0.4, 0.5) is 0 Å². The third-order valence-corrected chi connectivity index (χ3v) is 3.44. The Morgan fingerprint density at radius 2 is 1.95 bits per heavy atom. The second kappa shape index (κ2) is 7.25. The number of carboxylic acid groups (broad SMARTS) is 1. The van der Waals surface area contributed by atoms with E-state index >= 15 is 0 Å². The highest BCUT2D eigenvalue weighted by molar-refractivity contribution is 8.00. The first-order valence-electron chi connectivity index (χ1n) is 6.27. The number of carbonyl (C=O) groups is 1. The predicted molar refractivity (Wildman–Crippen MR) is 81.3 cm³/mol. The van der Waals surface area contributed by atoms with Gasteiger partial charge in [0.05, 0.1) is 5.75 Å². The second-order valence-electron chi connectivity index (χ2n) is 5.38. The van der Waals surface area contributed by atoms with Crippen LogP contribution in [0.25, 0.3) is 0 Å². The molecule has 0 aliphatic rings. The standard InChI is InChI=1S/C16H20O2S/c1-16(2,3)10-7-11-19-14(15(17)18)12-13-8-5-4-6-9-13/h4-6,8-9,14H,11-12H2,1-3H3,(H,17,18). The van der Waals surface area contributed by atoms with Crippen LogP contribution in [0.5, 0.6) is 0 Å². The predicted octanol–water partition coefficient (Wildman–Crippen LogP) is 3.47. The fourth-order valence-corrected chi connectivity index (χ4v) is 2.30. The average Bonchev–Trinajstić information content (AvgIpc) is 2.33. The summed E-state index contributed by atoms with van der Waals surface area (Å²) in [5, 5.41) is 8.79. The summed E-state index contributed by atoms with van der Waals surface area (Å²) in [6.45, 7) is 6.13. The van der Waals surface area contributed by atoms with Gasteiger partial charge >= 0.3 is 5.97 Å². The van der Waals surface area contributed by atoms with Crippen molar-refractivity contribution in [3.63, 3.8) is 0 Å². The minimum atomic E-state index is -0.772. The van der Waals surface area contributed by atoms with Gasteiger partial charge < -0.3 is 5.11 Å². The van der Waals surface area contributed by atoms with Crippen molar-refractivity contribution >= 4 is 17.7 Å². The summed E-state index contributed by atoms with van der Waals surface area (Å²) >= 11 is 1.39. The highest BCUT2D eigenvalue weighted by atomic mass is 32.2. The van der Waals surface area contributed by atoms with Crippen LogP contribution in [-0.2, 0) is 11.2 Å². The van der Waals surface area contributed by atoms with Gasteiger partial charge in [0.15, 0.2) is 0 Å². The number of hydrogen-bond acceptors (Lipinski definition) is 2. The Morgan fingerprint density at radius 3 is 2.47 bits per heavy atom. The van der Waals surface area contributed by atoms with Gasteiger partial charge in [0, 0.05) is 5.41 Å². The van der Waals surface area contributed by atoms with E-state index in [-0.39, 0.29) is 5.41 Å². The maximum absolute atomic E-state index is 11.2. The molecule has 0 radical (unpaired) electrons. The molecular formula is C16H20O2S. The molecule has 1 N–H and O–H groups in total. The van der Waals surface area contributed by atoms with E-state index in [1.165, 1.54) is 11.8 Å². The Hall–Kier alpha value is -1.40. The van der Waals surface area contributed by atoms with Crippen molar-refractivity contribution in [2.45, 2.75) is 32.4 Å². The van der Waals surface area contributed by atoms with Gasteiger partial charge in [-0.1, -0.05) is 42.2 Å². The van der Waals surface area contributed by atoms with E-state index in [1.807, 2.05) is 51.1 Å². The molecule has 0 aliphatic carbocycles. The van der Waals surface area contributed by atoms with E-state index < -0.39 is 11.2 Å². The first kappa shape index (κ1) is 15.7. The summed E-state index contributed by atoms with van der Waals surface area (Å²) in [4.78, 5) is 11.2. The molecule has 0 saturated heterocycles. The van der Waals surface area contributed by atoms with Gasteiger partial charge in [0.2, 0.25) is 0 Å². The van der Waals surface area contributed by atoms with E-state index in [0.717, 1.165) is 5.56 Å². The molecule has 1 aromatic carbocycles. The van der Waals surface area contributed by atoms with Crippen LogP contribution in [0.15, 0.2) is 30.3 Å². The molecule has 19 heavy (non-hydrogen) atoms. The molecule has 102 valence electrons. The van der Waals surface area contributed by atoms with Gasteiger partial charge in [-0.25, -0.2) is 0 Å². The smallest absolute Gasteiger partial charge is 0.316 e. The zero-order valence-electron chi connectivity index (χ0n) is 11.6. The Bertz CT molecular complexity index is 463. The van der Waals surface area contributed by atoms with E-state index in [9.17, 15) is 9.90 Å². The molecule has 0 amide bonds. The highest BCUT2D eigenvalue weighted by Gasteiger charge is 2.17. The van der Waals surface area contributed by atoms with Gasteiger partial charge in [0.1, 0.15) is 5.25 Å². The molecule has 1 unspecified atom stereocenters. The molecule has 0 heterocycles. The lowest BCUT2D eigenvalue weighted by Gasteiger charge is -2.11. The lowest BCUT2D eigenvalue weighted by molar-refractivity contribution is -0.136. The molecule has 0 saturated carbocycles. The minimum Gasteiger partial charge on any atom is -0.480 e. The number of carboxylic acids is 1. The highest BCUT2D eigenvalue weighted by Crippen LogP contribution is 2.17. The van der Waals surface area contributed by atoms with Crippen molar-refractivity contribution < 1.29 is 9.90 Å². The zero-order chi connectivity index (χ0) is 14.3. The molecule has 0 spiro atoms. The number of rotatable bonds is 5. The van der Waals surface area contributed by atoms with E-state index in [1.54, 1.807) is 0 Å². The lowest BCUT2D eigenvalue weighted by Crippen LogP contribution is -2.19. The summed E-state index contributed by atoms with van der Waals surface area (Å²) in [6, 6.07) is 9.70. The van der Waals surface area contributed by atoms with Crippen molar-refractivity contribution in [2.75, 3.05) is 5.75 Å². The Kier molecular flexibility index (Phi) is 5.98. The van der Waals surface area contributed by atoms with Crippen LogP contribution in [0.1, 0.15) is 26.3 Å². The first-order valence-corrected chi connectivity index (χ1v) is 7.32. The lowest BCUT2D eigenvalue weighted by atomic mass is 9.98. The van der Waals surface area contributed by atoms with Crippen LogP contribution in [0, 0.1) is 17.3 Å². The molecular weight excluding hydrogens is 256 g/mol. The third kappa shape index (κ3) is 6.93. The molecule has 2 nitrogen and oxygen atoms in total. The molecule has 1 aromatic rings. The molecule has 0 aromatic heterocycles. The Balaban J connectivity index is 2.54. The molecule has 0 fully saturated rings. The normalized spacial score (nSPS) is 12.4. The molecule has 0 aliphatic heterocycles. The SMILES string of the molecule is CC(C)(C)C#CCSC(Cc1ccccc1)C(=O)O. The maximum Gasteiger partial charge on any atom is 0.316 e. The number of hydrogen-bond donors (Lipinski definition) is 1. The number of aliphatic carboxylic acids is 1. The number of benzene rings is 1. The number of thioether (sulfide) groups is 1. The largest absolute Gasteiger partial charge is 0.480 e. The summed E-state index contributed by atoms with van der Waals surface area (Å²) in [5.74, 6) is 5.95.